The average Bonchev–Trinajstić information content (AvgIpc) is 3.03. The van der Waals surface area contributed by atoms with Crippen LogP contribution >= 0.6 is 11.6 Å². The van der Waals surface area contributed by atoms with Gasteiger partial charge in [0, 0.05) is 25.1 Å². The highest BCUT2D eigenvalue weighted by atomic mass is 35.5. The highest BCUT2D eigenvalue weighted by Crippen LogP contribution is 2.18. The van der Waals surface area contributed by atoms with Crippen molar-refractivity contribution in [1.29, 1.82) is 0 Å². The van der Waals surface area contributed by atoms with Crippen molar-refractivity contribution in [2.45, 2.75) is 12.5 Å². The number of amides is 2. The predicted octanol–water partition coefficient (Wildman–Crippen LogP) is 0.712. The summed E-state index contributed by atoms with van der Waals surface area (Å²) >= 11 is 5.83. The summed E-state index contributed by atoms with van der Waals surface area (Å²) < 4.78 is 4.81. The Morgan fingerprint density at radius 3 is 2.78 bits per heavy atom. The van der Waals surface area contributed by atoms with Crippen molar-refractivity contribution in [3.63, 3.8) is 0 Å². The fourth-order valence-corrected chi connectivity index (χ4v) is 2.09. The Kier molecular flexibility index (Phi) is 6.37. The molecule has 124 valence electrons. The first-order valence-electron chi connectivity index (χ1n) is 7.12. The molecule has 8 heteroatoms. The lowest BCUT2D eigenvalue weighted by Gasteiger charge is -2.09. The number of oxime groups is 1. The summed E-state index contributed by atoms with van der Waals surface area (Å²) in [5.41, 5.74) is 1.52. The molecular weight excluding hydrogens is 322 g/mol. The van der Waals surface area contributed by atoms with Crippen LogP contribution in [-0.2, 0) is 19.2 Å². The lowest BCUT2D eigenvalue weighted by molar-refractivity contribution is -0.133. The highest BCUT2D eigenvalue weighted by Gasteiger charge is 2.28. The zero-order valence-corrected chi connectivity index (χ0v) is 13.4. The number of carbonyl (C=O) groups is 2. The maximum absolute atomic E-state index is 12.0. The van der Waals surface area contributed by atoms with Crippen molar-refractivity contribution < 1.29 is 19.2 Å². The molecule has 7 nitrogen and oxygen atoms in total. The molecule has 0 aliphatic carbocycles. The summed E-state index contributed by atoms with van der Waals surface area (Å²) in [6.45, 7) is 0.706. The molecule has 0 fully saturated rings. The van der Waals surface area contributed by atoms with Gasteiger partial charge in [-0.05, 0) is 17.7 Å². The molecule has 2 rings (SSSR count). The summed E-state index contributed by atoms with van der Waals surface area (Å²) in [5.74, 6) is -0.660. The van der Waals surface area contributed by atoms with E-state index in [0.29, 0.717) is 30.3 Å². The molecule has 1 atom stereocenters. The summed E-state index contributed by atoms with van der Waals surface area (Å²) in [4.78, 5) is 28.6. The van der Waals surface area contributed by atoms with E-state index in [2.05, 4.69) is 15.8 Å². The van der Waals surface area contributed by atoms with Crippen LogP contribution in [0.3, 0.4) is 0 Å². The van der Waals surface area contributed by atoms with Gasteiger partial charge in [-0.1, -0.05) is 28.9 Å². The van der Waals surface area contributed by atoms with Crippen LogP contribution in [0.1, 0.15) is 12.0 Å². The molecule has 1 aromatic rings. The van der Waals surface area contributed by atoms with Crippen molar-refractivity contribution in [3.8, 4) is 0 Å². The Morgan fingerprint density at radius 2 is 2.09 bits per heavy atom. The molecule has 1 aromatic carbocycles. The van der Waals surface area contributed by atoms with Crippen LogP contribution in [0.4, 0.5) is 0 Å². The third-order valence-corrected chi connectivity index (χ3v) is 3.44. The Hall–Kier alpha value is -2.12. The molecule has 23 heavy (non-hydrogen) atoms. The number of hydrogen-bond acceptors (Lipinski definition) is 5. The van der Waals surface area contributed by atoms with Gasteiger partial charge in [0.1, 0.15) is 0 Å². The molecule has 1 heterocycles. The molecule has 2 N–H and O–H groups in total. The minimum Gasteiger partial charge on any atom is -0.383 e. The van der Waals surface area contributed by atoms with Crippen LogP contribution < -0.4 is 10.6 Å². The molecule has 0 bridgehead atoms. The normalized spacial score (nSPS) is 16.4. The summed E-state index contributed by atoms with van der Waals surface area (Å²) in [6, 6.07) is 7.12. The van der Waals surface area contributed by atoms with Gasteiger partial charge in [-0.2, -0.15) is 0 Å². The molecular formula is C15H18ClN3O4. The number of hydrogen-bond donors (Lipinski definition) is 2. The lowest BCUT2D eigenvalue weighted by atomic mass is 10.0. The van der Waals surface area contributed by atoms with Crippen molar-refractivity contribution in [1.82, 2.24) is 10.6 Å². The number of carbonyl (C=O) groups excluding carboxylic acids is 2. The van der Waals surface area contributed by atoms with Crippen LogP contribution in [0.15, 0.2) is 29.4 Å². The third kappa shape index (κ3) is 5.22. The zero-order valence-electron chi connectivity index (χ0n) is 12.7. The van der Waals surface area contributed by atoms with Crippen LogP contribution in [0.2, 0.25) is 5.02 Å². The van der Waals surface area contributed by atoms with Gasteiger partial charge in [0.2, 0.25) is 12.0 Å². The number of ether oxygens (including phenoxy) is 1. The fourth-order valence-electron chi connectivity index (χ4n) is 1.97. The quantitative estimate of drug-likeness (QED) is 0.716. The van der Waals surface area contributed by atoms with Gasteiger partial charge in [-0.3, -0.25) is 9.59 Å². The monoisotopic (exact) mass is 339 g/mol. The minimum atomic E-state index is -0.729. The largest absolute Gasteiger partial charge is 0.383 e. The number of halogens is 1. The summed E-state index contributed by atoms with van der Waals surface area (Å²) in [6.07, 6.45) is -0.383. The van der Waals surface area contributed by atoms with E-state index < -0.39 is 6.10 Å². The van der Waals surface area contributed by atoms with Crippen molar-refractivity contribution in [3.05, 3.63) is 34.9 Å². The molecule has 1 aliphatic heterocycles. The second-order valence-electron chi connectivity index (χ2n) is 4.90. The standard InChI is InChI=1S/C15H18ClN3O4/c1-22-7-6-17-14(20)9-18-15(21)13-8-12(19-23-13)10-2-4-11(16)5-3-10/h2-5,13H,6-9H2,1H3,(H,17,20)(H,18,21). The van der Waals surface area contributed by atoms with Crippen molar-refractivity contribution >= 4 is 29.1 Å². The number of nitrogens with one attached hydrogen (secondary N) is 2. The Balaban J connectivity index is 1.75. The minimum absolute atomic E-state index is 0.112. The molecule has 0 saturated carbocycles. The number of benzene rings is 1. The maximum atomic E-state index is 12.0. The topological polar surface area (TPSA) is 89.0 Å². The van der Waals surface area contributed by atoms with Gasteiger partial charge >= 0.3 is 0 Å². The SMILES string of the molecule is COCCNC(=O)CNC(=O)C1CC(c2ccc(Cl)cc2)=NO1. The molecule has 2 amide bonds. The van der Waals surface area contributed by atoms with Crippen LogP contribution in [0.25, 0.3) is 0 Å². The maximum Gasteiger partial charge on any atom is 0.264 e. The second-order valence-corrected chi connectivity index (χ2v) is 5.34. The van der Waals surface area contributed by atoms with Gasteiger partial charge in [-0.25, -0.2) is 0 Å². The van der Waals surface area contributed by atoms with E-state index in [4.69, 9.17) is 21.2 Å². The van der Waals surface area contributed by atoms with Crippen molar-refractivity contribution in [2.24, 2.45) is 5.16 Å². The summed E-state index contributed by atoms with van der Waals surface area (Å²) in [7, 11) is 1.55. The number of methoxy groups -OCH3 is 1. The highest BCUT2D eigenvalue weighted by molar-refractivity contribution is 6.30. The first-order chi connectivity index (χ1) is 11.1. The fraction of sp³-hybridized carbons (Fsp3) is 0.400. The van der Waals surface area contributed by atoms with E-state index in [0.717, 1.165) is 5.56 Å². The van der Waals surface area contributed by atoms with E-state index in [-0.39, 0.29) is 18.4 Å². The van der Waals surface area contributed by atoms with E-state index in [1.165, 1.54) is 0 Å². The Morgan fingerprint density at radius 1 is 1.35 bits per heavy atom. The Labute approximate surface area is 139 Å². The zero-order chi connectivity index (χ0) is 16.7. The second kappa shape index (κ2) is 8.50. The molecule has 0 aromatic heterocycles. The van der Waals surface area contributed by atoms with Crippen LogP contribution in [0, 0.1) is 0 Å². The lowest BCUT2D eigenvalue weighted by Crippen LogP contribution is -2.42. The number of rotatable bonds is 7. The van der Waals surface area contributed by atoms with E-state index in [1.54, 1.807) is 19.2 Å². The smallest absolute Gasteiger partial charge is 0.264 e. The summed E-state index contributed by atoms with van der Waals surface area (Å²) in [5, 5.41) is 9.68. The van der Waals surface area contributed by atoms with E-state index in [9.17, 15) is 9.59 Å². The molecule has 0 radical (unpaired) electrons. The molecule has 1 aliphatic rings. The predicted molar refractivity (Wildman–Crippen MR) is 85.4 cm³/mol. The van der Waals surface area contributed by atoms with Crippen molar-refractivity contribution in [2.75, 3.05) is 26.8 Å². The van der Waals surface area contributed by atoms with Crippen LogP contribution in [-0.4, -0.2) is 50.4 Å². The molecule has 0 saturated heterocycles. The first-order valence-corrected chi connectivity index (χ1v) is 7.50. The third-order valence-electron chi connectivity index (χ3n) is 3.19. The molecule has 0 spiro atoms. The van der Waals surface area contributed by atoms with Gasteiger partial charge in [0.25, 0.3) is 5.91 Å². The van der Waals surface area contributed by atoms with Gasteiger partial charge in [0.15, 0.2) is 0 Å². The van der Waals surface area contributed by atoms with Crippen LogP contribution in [0.5, 0.6) is 0 Å². The first kappa shape index (κ1) is 17.2. The average molecular weight is 340 g/mol. The molecule has 1 unspecified atom stereocenters. The van der Waals surface area contributed by atoms with Gasteiger partial charge in [-0.15, -0.1) is 0 Å². The van der Waals surface area contributed by atoms with E-state index >= 15 is 0 Å². The van der Waals surface area contributed by atoms with E-state index in [1.807, 2.05) is 12.1 Å². The number of nitrogens with zero attached hydrogens (tertiary/aromatic N) is 1. The van der Waals surface area contributed by atoms with Gasteiger partial charge < -0.3 is 20.2 Å². The Bertz CT molecular complexity index is 589. The van der Waals surface area contributed by atoms with Gasteiger partial charge in [0.05, 0.1) is 18.9 Å².